The van der Waals surface area contributed by atoms with E-state index in [1.165, 1.54) is 38.5 Å². The predicted molar refractivity (Wildman–Crippen MR) is 92.0 cm³/mol. The van der Waals surface area contributed by atoms with Gasteiger partial charge in [-0.1, -0.05) is 48.0 Å². The molecule has 0 spiro atoms. The maximum Gasteiger partial charge on any atom is 0.410 e. The number of hydrogen-bond donors (Lipinski definition) is 0. The smallest absolute Gasteiger partial charge is 0.410 e. The second-order valence-corrected chi connectivity index (χ2v) is 7.95. The summed E-state index contributed by atoms with van der Waals surface area (Å²) in [5, 5.41) is 1.14. The fourth-order valence-electron chi connectivity index (χ4n) is 2.79. The zero-order valence-corrected chi connectivity index (χ0v) is 15.6. The topological polar surface area (TPSA) is 29.5 Å². The van der Waals surface area contributed by atoms with Crippen molar-refractivity contribution >= 4 is 22.0 Å². The highest BCUT2D eigenvalue weighted by Gasteiger charge is 2.26. The van der Waals surface area contributed by atoms with Gasteiger partial charge in [-0.3, -0.25) is 0 Å². The number of halogens is 1. The summed E-state index contributed by atoms with van der Waals surface area (Å²) in [5.41, 5.74) is -0.386. The van der Waals surface area contributed by atoms with Gasteiger partial charge in [0.25, 0.3) is 0 Å². The molecule has 0 saturated carbocycles. The van der Waals surface area contributed by atoms with Gasteiger partial charge in [0, 0.05) is 18.4 Å². The van der Waals surface area contributed by atoms with Crippen molar-refractivity contribution in [2.45, 2.75) is 77.7 Å². The predicted octanol–water partition coefficient (Wildman–Crippen LogP) is 5.37. The highest BCUT2D eigenvalue weighted by atomic mass is 79.9. The lowest BCUT2D eigenvalue weighted by Crippen LogP contribution is -2.41. The van der Waals surface area contributed by atoms with Gasteiger partial charge < -0.3 is 9.64 Å². The van der Waals surface area contributed by atoms with Crippen LogP contribution < -0.4 is 0 Å². The van der Waals surface area contributed by atoms with Gasteiger partial charge in [0.2, 0.25) is 0 Å². The number of nitrogens with zero attached hydrogens (tertiary/aromatic N) is 1. The number of amides is 1. The average Bonchev–Trinajstić information content (AvgIpc) is 2.41. The lowest BCUT2D eigenvalue weighted by Gasteiger charge is -2.33. The number of unbranched alkanes of at least 4 members (excludes halogenated alkanes) is 4. The molecule has 0 unspecified atom stereocenters. The third kappa shape index (κ3) is 8.70. The van der Waals surface area contributed by atoms with E-state index in [2.05, 4.69) is 15.9 Å². The molecule has 1 saturated heterocycles. The van der Waals surface area contributed by atoms with Crippen molar-refractivity contribution in [3.63, 3.8) is 0 Å². The first-order valence-electron chi connectivity index (χ1n) is 8.46. The van der Waals surface area contributed by atoms with Gasteiger partial charge in [-0.25, -0.2) is 4.79 Å². The Morgan fingerprint density at radius 2 is 1.67 bits per heavy atom. The Balaban J connectivity index is 2.10. The zero-order chi connectivity index (χ0) is 15.7. The first kappa shape index (κ1) is 18.8. The molecule has 0 aromatic rings. The molecular formula is C17H32BrNO2. The Labute approximate surface area is 138 Å². The second kappa shape index (κ2) is 9.70. The maximum absolute atomic E-state index is 12.0. The molecule has 3 nitrogen and oxygen atoms in total. The quantitative estimate of drug-likeness (QED) is 0.450. The largest absolute Gasteiger partial charge is 0.444 e. The highest BCUT2D eigenvalue weighted by molar-refractivity contribution is 9.09. The minimum Gasteiger partial charge on any atom is -0.444 e. The number of alkyl halides is 1. The van der Waals surface area contributed by atoms with E-state index >= 15 is 0 Å². The number of likely N-dealkylation sites (tertiary alicyclic amines) is 1. The summed E-state index contributed by atoms with van der Waals surface area (Å²) in [6.07, 6.45) is 10.2. The van der Waals surface area contributed by atoms with Crippen LogP contribution >= 0.6 is 15.9 Å². The van der Waals surface area contributed by atoms with Crippen LogP contribution in [0.3, 0.4) is 0 Å². The number of rotatable bonds is 7. The number of hydrogen-bond acceptors (Lipinski definition) is 2. The van der Waals surface area contributed by atoms with Crippen molar-refractivity contribution in [1.29, 1.82) is 0 Å². The molecule has 21 heavy (non-hydrogen) atoms. The van der Waals surface area contributed by atoms with E-state index in [4.69, 9.17) is 4.74 Å². The van der Waals surface area contributed by atoms with Crippen LogP contribution in [0.15, 0.2) is 0 Å². The second-order valence-electron chi connectivity index (χ2n) is 7.16. The van der Waals surface area contributed by atoms with E-state index < -0.39 is 0 Å². The van der Waals surface area contributed by atoms with Crippen molar-refractivity contribution < 1.29 is 9.53 Å². The van der Waals surface area contributed by atoms with Gasteiger partial charge >= 0.3 is 6.09 Å². The summed E-state index contributed by atoms with van der Waals surface area (Å²) in [4.78, 5) is 13.9. The summed E-state index contributed by atoms with van der Waals surface area (Å²) < 4.78 is 5.43. The number of carbonyl (C=O) groups is 1. The normalized spacial score (nSPS) is 17.0. The molecule has 0 bridgehead atoms. The van der Waals surface area contributed by atoms with Crippen molar-refractivity contribution in [2.24, 2.45) is 5.92 Å². The summed E-state index contributed by atoms with van der Waals surface area (Å²) in [6.45, 7) is 7.50. The van der Waals surface area contributed by atoms with E-state index in [1.807, 2.05) is 25.7 Å². The zero-order valence-electron chi connectivity index (χ0n) is 14.0. The molecule has 1 fully saturated rings. The minimum absolute atomic E-state index is 0.143. The molecule has 1 rings (SSSR count). The van der Waals surface area contributed by atoms with Crippen LogP contribution in [-0.4, -0.2) is 35.0 Å². The minimum atomic E-state index is -0.386. The Kier molecular flexibility index (Phi) is 8.69. The van der Waals surface area contributed by atoms with Crippen LogP contribution in [0.2, 0.25) is 0 Å². The van der Waals surface area contributed by atoms with E-state index in [9.17, 15) is 4.79 Å². The summed E-state index contributed by atoms with van der Waals surface area (Å²) >= 11 is 3.47. The SMILES string of the molecule is CC(C)(C)OC(=O)N1CCC(CCCCCCCBr)CC1. The van der Waals surface area contributed by atoms with Gasteiger partial charge in [0.1, 0.15) is 5.60 Å². The first-order valence-corrected chi connectivity index (χ1v) is 9.58. The highest BCUT2D eigenvalue weighted by Crippen LogP contribution is 2.24. The molecule has 4 heteroatoms. The fraction of sp³-hybridized carbons (Fsp3) is 0.941. The molecule has 0 radical (unpaired) electrons. The third-order valence-corrected chi connectivity index (χ3v) is 4.57. The van der Waals surface area contributed by atoms with E-state index in [1.54, 1.807) is 0 Å². The van der Waals surface area contributed by atoms with Gasteiger partial charge in [0.15, 0.2) is 0 Å². The molecule has 1 aliphatic heterocycles. The standard InChI is InChI=1S/C17H32BrNO2/c1-17(2,3)21-16(20)19-13-10-15(11-14-19)9-7-5-4-6-8-12-18/h15H,4-14H2,1-3H3. The van der Waals surface area contributed by atoms with Crippen LogP contribution in [-0.2, 0) is 4.74 Å². The molecule has 0 N–H and O–H groups in total. The molecule has 0 atom stereocenters. The Morgan fingerprint density at radius 3 is 2.24 bits per heavy atom. The number of piperidine rings is 1. The molecule has 1 aliphatic rings. The van der Waals surface area contributed by atoms with Crippen molar-refractivity contribution in [3.8, 4) is 0 Å². The number of ether oxygens (including phenoxy) is 1. The van der Waals surface area contributed by atoms with Crippen molar-refractivity contribution in [2.75, 3.05) is 18.4 Å². The van der Waals surface area contributed by atoms with E-state index in [0.717, 1.165) is 37.2 Å². The van der Waals surface area contributed by atoms with E-state index in [-0.39, 0.29) is 11.7 Å². The fourth-order valence-corrected chi connectivity index (χ4v) is 3.19. The summed E-state index contributed by atoms with van der Waals surface area (Å²) in [5.74, 6) is 0.805. The monoisotopic (exact) mass is 361 g/mol. The molecule has 1 amide bonds. The molecule has 0 aromatic carbocycles. The third-order valence-electron chi connectivity index (χ3n) is 4.01. The summed E-state index contributed by atoms with van der Waals surface area (Å²) in [6, 6.07) is 0. The van der Waals surface area contributed by atoms with Crippen molar-refractivity contribution in [3.05, 3.63) is 0 Å². The first-order chi connectivity index (χ1) is 9.92. The molecule has 124 valence electrons. The van der Waals surface area contributed by atoms with Crippen LogP contribution in [0, 0.1) is 5.92 Å². The van der Waals surface area contributed by atoms with Gasteiger partial charge in [-0.2, -0.15) is 0 Å². The van der Waals surface area contributed by atoms with Crippen LogP contribution in [0.25, 0.3) is 0 Å². The van der Waals surface area contributed by atoms with Crippen LogP contribution in [0.4, 0.5) is 4.79 Å². The van der Waals surface area contributed by atoms with Crippen LogP contribution in [0.1, 0.15) is 72.1 Å². The Bertz CT molecular complexity index is 294. The lowest BCUT2D eigenvalue weighted by atomic mass is 9.91. The van der Waals surface area contributed by atoms with E-state index in [0.29, 0.717) is 0 Å². The Hall–Kier alpha value is -0.250. The van der Waals surface area contributed by atoms with Crippen molar-refractivity contribution in [1.82, 2.24) is 4.90 Å². The Morgan fingerprint density at radius 1 is 1.10 bits per heavy atom. The molecule has 1 heterocycles. The maximum atomic E-state index is 12.0. The van der Waals surface area contributed by atoms with Crippen LogP contribution in [0.5, 0.6) is 0 Å². The molecular weight excluding hydrogens is 330 g/mol. The molecule has 0 aromatic heterocycles. The number of carbonyl (C=O) groups excluding carboxylic acids is 1. The van der Waals surface area contributed by atoms with Gasteiger partial charge in [-0.05, 0) is 46.0 Å². The van der Waals surface area contributed by atoms with Gasteiger partial charge in [-0.15, -0.1) is 0 Å². The summed E-state index contributed by atoms with van der Waals surface area (Å²) in [7, 11) is 0. The lowest BCUT2D eigenvalue weighted by molar-refractivity contribution is 0.0180. The van der Waals surface area contributed by atoms with Gasteiger partial charge in [0.05, 0.1) is 0 Å². The average molecular weight is 362 g/mol. The molecule has 0 aliphatic carbocycles.